The van der Waals surface area contributed by atoms with Crippen molar-refractivity contribution in [3.63, 3.8) is 0 Å². The van der Waals surface area contributed by atoms with Crippen LogP contribution in [0.25, 0.3) is 0 Å². The monoisotopic (exact) mass is 391 g/mol. The summed E-state index contributed by atoms with van der Waals surface area (Å²) in [5.41, 5.74) is 1.12. The first-order chi connectivity index (χ1) is 13.0. The van der Waals surface area contributed by atoms with Gasteiger partial charge in [0.05, 0.1) is 18.0 Å². The van der Waals surface area contributed by atoms with E-state index in [9.17, 15) is 14.0 Å². The van der Waals surface area contributed by atoms with Gasteiger partial charge in [-0.1, -0.05) is 23.5 Å². The second kappa shape index (κ2) is 8.47. The molecule has 1 aliphatic heterocycles. The van der Waals surface area contributed by atoms with Crippen molar-refractivity contribution in [1.82, 2.24) is 4.98 Å². The zero-order chi connectivity index (χ0) is 19.4. The Labute approximate surface area is 161 Å². The van der Waals surface area contributed by atoms with E-state index in [1.165, 1.54) is 6.07 Å². The summed E-state index contributed by atoms with van der Waals surface area (Å²) in [6.45, 7) is 4.97. The van der Waals surface area contributed by atoms with E-state index in [-0.39, 0.29) is 17.6 Å². The minimum Gasteiger partial charge on any atom is -0.462 e. The van der Waals surface area contributed by atoms with E-state index in [1.807, 2.05) is 11.0 Å². The van der Waals surface area contributed by atoms with Gasteiger partial charge in [0.2, 0.25) is 5.91 Å². The average molecular weight is 391 g/mol. The largest absolute Gasteiger partial charge is 0.462 e. The summed E-state index contributed by atoms with van der Waals surface area (Å²) in [4.78, 5) is 31.0. The molecule has 1 N–H and O–H groups in total. The van der Waals surface area contributed by atoms with Crippen LogP contribution in [0.2, 0.25) is 0 Å². The van der Waals surface area contributed by atoms with E-state index in [0.717, 1.165) is 11.3 Å². The van der Waals surface area contributed by atoms with Crippen molar-refractivity contribution in [3.8, 4) is 0 Å². The summed E-state index contributed by atoms with van der Waals surface area (Å²) >= 11 is 1.12. The van der Waals surface area contributed by atoms with Gasteiger partial charge in [0.15, 0.2) is 5.13 Å². The van der Waals surface area contributed by atoms with Crippen LogP contribution in [0.15, 0.2) is 24.3 Å². The minimum absolute atomic E-state index is 0.118. The smallest absolute Gasteiger partial charge is 0.350 e. The van der Waals surface area contributed by atoms with Gasteiger partial charge in [-0.2, -0.15) is 0 Å². The Morgan fingerprint density at radius 1 is 1.33 bits per heavy atom. The lowest BCUT2D eigenvalue weighted by atomic mass is 9.95. The highest BCUT2D eigenvalue weighted by Crippen LogP contribution is 2.28. The number of thiazole rings is 1. The molecule has 144 valence electrons. The van der Waals surface area contributed by atoms with Gasteiger partial charge < -0.3 is 15.0 Å². The molecular weight excluding hydrogens is 369 g/mol. The molecule has 8 heteroatoms. The van der Waals surface area contributed by atoms with Gasteiger partial charge in [-0.15, -0.1) is 0 Å². The SMILES string of the molecule is CCOC(=O)c1sc(NC(=O)C2CCN(c3ccccc3F)CC2)nc1C. The van der Waals surface area contributed by atoms with Gasteiger partial charge in [0.25, 0.3) is 0 Å². The highest BCUT2D eigenvalue weighted by Gasteiger charge is 2.27. The van der Waals surface area contributed by atoms with Gasteiger partial charge in [0.1, 0.15) is 10.7 Å². The molecule has 1 amide bonds. The minimum atomic E-state index is -0.425. The van der Waals surface area contributed by atoms with Gasteiger partial charge in [0, 0.05) is 19.0 Å². The number of nitrogens with zero attached hydrogens (tertiary/aromatic N) is 2. The number of para-hydroxylation sites is 1. The molecular formula is C19H22FN3O3S. The molecule has 1 saturated heterocycles. The Balaban J connectivity index is 1.58. The van der Waals surface area contributed by atoms with E-state index < -0.39 is 5.97 Å². The number of amides is 1. The summed E-state index contributed by atoms with van der Waals surface area (Å²) in [6.07, 6.45) is 1.27. The van der Waals surface area contributed by atoms with E-state index >= 15 is 0 Å². The topological polar surface area (TPSA) is 71.5 Å². The molecule has 1 aliphatic rings. The fourth-order valence-electron chi connectivity index (χ4n) is 3.13. The lowest BCUT2D eigenvalue weighted by molar-refractivity contribution is -0.120. The summed E-state index contributed by atoms with van der Waals surface area (Å²) in [6, 6.07) is 6.67. The Hall–Kier alpha value is -2.48. The first-order valence-electron chi connectivity index (χ1n) is 8.94. The summed E-state index contributed by atoms with van der Waals surface area (Å²) in [7, 11) is 0. The molecule has 0 aliphatic carbocycles. The van der Waals surface area contributed by atoms with Crippen molar-refractivity contribution in [3.05, 3.63) is 40.7 Å². The third-order valence-corrected chi connectivity index (χ3v) is 5.60. The Kier molecular flexibility index (Phi) is 6.05. The van der Waals surface area contributed by atoms with Crippen LogP contribution in [0, 0.1) is 18.7 Å². The van der Waals surface area contributed by atoms with Crippen LogP contribution in [0.5, 0.6) is 0 Å². The van der Waals surface area contributed by atoms with Gasteiger partial charge >= 0.3 is 5.97 Å². The predicted octanol–water partition coefficient (Wildman–Crippen LogP) is 3.62. The van der Waals surface area contributed by atoms with Crippen LogP contribution >= 0.6 is 11.3 Å². The molecule has 6 nitrogen and oxygen atoms in total. The fraction of sp³-hybridized carbons (Fsp3) is 0.421. The summed E-state index contributed by atoms with van der Waals surface area (Å²) in [5.74, 6) is -0.952. The van der Waals surface area contributed by atoms with E-state index in [2.05, 4.69) is 10.3 Å². The number of hydrogen-bond donors (Lipinski definition) is 1. The third kappa shape index (κ3) is 4.44. The van der Waals surface area contributed by atoms with Crippen molar-refractivity contribution in [2.75, 3.05) is 29.9 Å². The van der Waals surface area contributed by atoms with Crippen LogP contribution in [-0.2, 0) is 9.53 Å². The number of aryl methyl sites for hydroxylation is 1. The summed E-state index contributed by atoms with van der Waals surface area (Å²) < 4.78 is 18.9. The molecule has 0 saturated carbocycles. The van der Waals surface area contributed by atoms with Crippen molar-refractivity contribution in [1.29, 1.82) is 0 Å². The number of carbonyl (C=O) groups excluding carboxylic acids is 2. The van der Waals surface area contributed by atoms with Gasteiger partial charge in [-0.25, -0.2) is 14.2 Å². The van der Waals surface area contributed by atoms with Crippen LogP contribution in [0.4, 0.5) is 15.2 Å². The Morgan fingerprint density at radius 2 is 2.04 bits per heavy atom. The highest BCUT2D eigenvalue weighted by atomic mass is 32.1. The third-order valence-electron chi connectivity index (χ3n) is 4.55. The molecule has 0 spiro atoms. The second-order valence-corrected chi connectivity index (χ2v) is 7.36. The number of halogens is 1. The number of esters is 1. The number of rotatable bonds is 5. The van der Waals surface area contributed by atoms with Crippen molar-refractivity contribution in [2.24, 2.45) is 5.92 Å². The van der Waals surface area contributed by atoms with E-state index in [1.54, 1.807) is 26.0 Å². The maximum Gasteiger partial charge on any atom is 0.350 e. The number of hydrogen-bond acceptors (Lipinski definition) is 6. The zero-order valence-corrected chi connectivity index (χ0v) is 16.1. The van der Waals surface area contributed by atoms with Crippen LogP contribution in [0.1, 0.15) is 35.1 Å². The molecule has 1 fully saturated rings. The number of piperidine rings is 1. The average Bonchev–Trinajstić information content (AvgIpc) is 3.03. The van der Waals surface area contributed by atoms with Crippen LogP contribution in [0.3, 0.4) is 0 Å². The summed E-state index contributed by atoms with van der Waals surface area (Å²) in [5, 5.41) is 3.20. The number of anilines is 2. The quantitative estimate of drug-likeness (QED) is 0.788. The molecule has 0 radical (unpaired) electrons. The second-order valence-electron chi connectivity index (χ2n) is 6.36. The standard InChI is InChI=1S/C19H22FN3O3S/c1-3-26-18(25)16-12(2)21-19(27-16)22-17(24)13-8-10-23(11-9-13)15-7-5-4-6-14(15)20/h4-7,13H,3,8-11H2,1-2H3,(H,21,22,24). The first-order valence-corrected chi connectivity index (χ1v) is 9.76. The molecule has 1 aromatic carbocycles. The fourth-order valence-corrected chi connectivity index (χ4v) is 4.00. The normalized spacial score (nSPS) is 14.9. The number of benzene rings is 1. The number of ether oxygens (including phenoxy) is 1. The molecule has 1 aromatic heterocycles. The number of nitrogens with one attached hydrogen (secondary N) is 1. The zero-order valence-electron chi connectivity index (χ0n) is 15.3. The van der Waals surface area contributed by atoms with E-state index in [4.69, 9.17) is 4.74 Å². The Bertz CT molecular complexity index is 831. The van der Waals surface area contributed by atoms with Crippen LogP contribution < -0.4 is 10.2 Å². The van der Waals surface area contributed by atoms with Crippen LogP contribution in [-0.4, -0.2) is 36.6 Å². The Morgan fingerprint density at radius 3 is 2.70 bits per heavy atom. The number of aromatic nitrogens is 1. The molecule has 0 atom stereocenters. The highest BCUT2D eigenvalue weighted by molar-refractivity contribution is 7.17. The maximum atomic E-state index is 13.9. The lowest BCUT2D eigenvalue weighted by Crippen LogP contribution is -2.38. The molecule has 2 aromatic rings. The number of carbonyl (C=O) groups is 2. The van der Waals surface area contributed by atoms with Gasteiger partial charge in [-0.3, -0.25) is 4.79 Å². The molecule has 27 heavy (non-hydrogen) atoms. The van der Waals surface area contributed by atoms with Crippen molar-refractivity contribution < 1.29 is 18.7 Å². The van der Waals surface area contributed by atoms with Crippen molar-refractivity contribution in [2.45, 2.75) is 26.7 Å². The maximum absolute atomic E-state index is 13.9. The lowest BCUT2D eigenvalue weighted by Gasteiger charge is -2.33. The molecule has 3 rings (SSSR count). The van der Waals surface area contributed by atoms with Crippen molar-refractivity contribution >= 4 is 34.0 Å². The van der Waals surface area contributed by atoms with Gasteiger partial charge in [-0.05, 0) is 38.8 Å². The first kappa shape index (κ1) is 19.3. The molecule has 0 unspecified atom stereocenters. The predicted molar refractivity (Wildman–Crippen MR) is 103 cm³/mol. The van der Waals surface area contributed by atoms with E-state index in [0.29, 0.717) is 53.9 Å². The molecule has 2 heterocycles. The molecule has 0 bridgehead atoms.